The van der Waals surface area contributed by atoms with E-state index in [2.05, 4.69) is 30.5 Å². The molecule has 1 aromatic carbocycles. The number of anilines is 2. The van der Waals surface area contributed by atoms with Crippen LogP contribution in [0.4, 0.5) is 16.3 Å². The Morgan fingerprint density at radius 1 is 1.05 bits per heavy atom. The number of aryl methyl sites for hydroxylation is 2. The highest BCUT2D eigenvalue weighted by Gasteiger charge is 2.40. The number of hydrogen-bond acceptors (Lipinski definition) is 8. The van der Waals surface area contributed by atoms with Crippen molar-refractivity contribution in [3.63, 3.8) is 0 Å². The van der Waals surface area contributed by atoms with Gasteiger partial charge in [-0.05, 0) is 90.1 Å². The van der Waals surface area contributed by atoms with Crippen LogP contribution >= 0.6 is 0 Å². The van der Waals surface area contributed by atoms with Crippen LogP contribution in [0, 0.1) is 13.8 Å². The van der Waals surface area contributed by atoms with Crippen molar-refractivity contribution in [2.45, 2.75) is 78.0 Å². The number of fused-ring (bicyclic) bond motifs is 2. The molecule has 0 unspecified atom stereocenters. The van der Waals surface area contributed by atoms with Gasteiger partial charge in [0.2, 0.25) is 0 Å². The first-order valence-electron chi connectivity index (χ1n) is 14.2. The lowest BCUT2D eigenvalue weighted by atomic mass is 10.0. The molecule has 0 spiro atoms. The number of hydrogen-bond donors (Lipinski definition) is 1. The van der Waals surface area contributed by atoms with Crippen LogP contribution < -0.4 is 10.2 Å². The fourth-order valence-electron chi connectivity index (χ4n) is 5.67. The Bertz CT molecular complexity index is 1630. The van der Waals surface area contributed by atoms with E-state index < -0.39 is 5.60 Å². The van der Waals surface area contributed by atoms with Gasteiger partial charge in [-0.1, -0.05) is 0 Å². The maximum Gasteiger partial charge on any atom is 0.410 e. The Labute approximate surface area is 238 Å². The molecule has 1 saturated heterocycles. The molecule has 1 N–H and O–H groups in total. The highest BCUT2D eigenvalue weighted by atomic mass is 16.6. The zero-order valence-electron chi connectivity index (χ0n) is 24.2. The van der Waals surface area contributed by atoms with Gasteiger partial charge >= 0.3 is 6.09 Å². The standard InChI is InChI=1S/C30H36N8O3/c1-18-16-25(35-37-17-19(2)32-27(18)37)33-28(39)23-8-9-24(22-10-13-31-34-26(22)23)36-14-11-21(12-15-36)38(20-6-7-20)29(40)41-30(3,4)5/h8-10,13,16-17,20-21H,6-7,11-12,14-15H2,1-5H3,(H,33,35,39). The average molecular weight is 557 g/mol. The van der Waals surface area contributed by atoms with Gasteiger partial charge in [0.05, 0.1) is 23.7 Å². The van der Waals surface area contributed by atoms with Crippen LogP contribution in [0.3, 0.4) is 0 Å². The highest BCUT2D eigenvalue weighted by molar-refractivity contribution is 6.13. The normalized spacial score (nSPS) is 16.3. The first-order valence-corrected chi connectivity index (χ1v) is 14.2. The number of piperidine rings is 1. The van der Waals surface area contributed by atoms with Crippen LogP contribution in [0.15, 0.2) is 36.7 Å². The summed E-state index contributed by atoms with van der Waals surface area (Å²) in [5, 5.41) is 16.7. The molecule has 0 atom stereocenters. The van der Waals surface area contributed by atoms with E-state index in [9.17, 15) is 9.59 Å². The summed E-state index contributed by atoms with van der Waals surface area (Å²) in [4.78, 5) is 35.2. The van der Waals surface area contributed by atoms with Crippen LogP contribution in [0.1, 0.15) is 68.1 Å². The van der Waals surface area contributed by atoms with Gasteiger partial charge in [-0.2, -0.15) is 5.10 Å². The first kappa shape index (κ1) is 26.9. The van der Waals surface area contributed by atoms with Crippen LogP contribution in [0.5, 0.6) is 0 Å². The zero-order valence-corrected chi connectivity index (χ0v) is 24.2. The Morgan fingerprint density at radius 2 is 1.78 bits per heavy atom. The predicted octanol–water partition coefficient (Wildman–Crippen LogP) is 4.91. The van der Waals surface area contributed by atoms with Gasteiger partial charge in [-0.25, -0.2) is 14.3 Å². The van der Waals surface area contributed by atoms with E-state index in [-0.39, 0.29) is 24.1 Å². The first-order chi connectivity index (χ1) is 19.6. The number of imidazole rings is 1. The molecule has 4 heterocycles. The molecule has 0 radical (unpaired) electrons. The summed E-state index contributed by atoms with van der Waals surface area (Å²) in [7, 11) is 0. The van der Waals surface area contributed by atoms with E-state index in [0.717, 1.165) is 66.8 Å². The van der Waals surface area contributed by atoms with Crippen LogP contribution in [0.2, 0.25) is 0 Å². The van der Waals surface area contributed by atoms with Gasteiger partial charge in [-0.3, -0.25) is 4.79 Å². The Kier molecular flexibility index (Phi) is 6.75. The molecular formula is C30H36N8O3. The lowest BCUT2D eigenvalue weighted by Gasteiger charge is -2.40. The SMILES string of the molecule is Cc1cn2nc(NC(=O)c3ccc(N4CCC(N(C(=O)OC(C)(C)C)C5CC5)CC4)c4ccnnc34)cc(C)c2n1. The van der Waals surface area contributed by atoms with Crippen molar-refractivity contribution in [1.29, 1.82) is 0 Å². The van der Waals surface area contributed by atoms with Crippen molar-refractivity contribution in [2.24, 2.45) is 0 Å². The van der Waals surface area contributed by atoms with E-state index in [1.165, 1.54) is 0 Å². The number of carbonyl (C=O) groups excluding carboxylic acids is 2. The van der Waals surface area contributed by atoms with Crippen molar-refractivity contribution >= 4 is 40.1 Å². The number of rotatable bonds is 5. The molecule has 41 heavy (non-hydrogen) atoms. The lowest BCUT2D eigenvalue weighted by Crippen LogP contribution is -2.50. The highest BCUT2D eigenvalue weighted by Crippen LogP contribution is 2.36. The number of nitrogens with zero attached hydrogens (tertiary/aromatic N) is 7. The monoisotopic (exact) mass is 556 g/mol. The smallest absolute Gasteiger partial charge is 0.410 e. The summed E-state index contributed by atoms with van der Waals surface area (Å²) in [5.74, 6) is 0.132. The molecule has 1 aliphatic carbocycles. The van der Waals surface area contributed by atoms with E-state index in [1.54, 1.807) is 16.8 Å². The van der Waals surface area contributed by atoms with Gasteiger partial charge in [-0.15, -0.1) is 10.2 Å². The third-order valence-corrected chi connectivity index (χ3v) is 7.62. The van der Waals surface area contributed by atoms with Crippen LogP contribution in [0.25, 0.3) is 16.6 Å². The average Bonchev–Trinajstić information content (AvgIpc) is 3.67. The summed E-state index contributed by atoms with van der Waals surface area (Å²) < 4.78 is 7.42. The Hall–Kier alpha value is -4.28. The second-order valence-corrected chi connectivity index (χ2v) is 12.1. The molecule has 1 aliphatic heterocycles. The molecule has 11 heteroatoms. The van der Waals surface area contributed by atoms with Gasteiger partial charge in [0.1, 0.15) is 11.1 Å². The van der Waals surface area contributed by atoms with E-state index >= 15 is 0 Å². The number of amides is 2. The second-order valence-electron chi connectivity index (χ2n) is 12.1. The molecule has 6 rings (SSSR count). The van der Waals surface area contributed by atoms with Gasteiger partial charge < -0.3 is 19.9 Å². The molecule has 3 aromatic heterocycles. The van der Waals surface area contributed by atoms with Crippen molar-refractivity contribution in [1.82, 2.24) is 29.7 Å². The van der Waals surface area contributed by atoms with Gasteiger partial charge in [0.25, 0.3) is 5.91 Å². The minimum Gasteiger partial charge on any atom is -0.444 e. The largest absolute Gasteiger partial charge is 0.444 e. The third kappa shape index (κ3) is 5.53. The van der Waals surface area contributed by atoms with Crippen molar-refractivity contribution in [2.75, 3.05) is 23.3 Å². The maximum atomic E-state index is 13.4. The number of aromatic nitrogens is 5. The topological polar surface area (TPSA) is 118 Å². The fraction of sp³-hybridized carbons (Fsp3) is 0.467. The summed E-state index contributed by atoms with van der Waals surface area (Å²) in [6, 6.07) is 7.93. The second kappa shape index (κ2) is 10.3. The molecule has 4 aromatic rings. The zero-order chi connectivity index (χ0) is 28.9. The minimum absolute atomic E-state index is 0.150. The molecule has 2 aliphatic rings. The molecule has 214 valence electrons. The summed E-state index contributed by atoms with van der Waals surface area (Å²) in [6.45, 7) is 11.1. The van der Waals surface area contributed by atoms with Crippen LogP contribution in [-0.4, -0.2) is 72.5 Å². The molecule has 1 saturated carbocycles. The number of ether oxygens (including phenoxy) is 1. The minimum atomic E-state index is -0.515. The van der Waals surface area contributed by atoms with Crippen molar-refractivity contribution in [3.05, 3.63) is 53.5 Å². The fourth-order valence-corrected chi connectivity index (χ4v) is 5.67. The van der Waals surface area contributed by atoms with Crippen molar-refractivity contribution in [3.8, 4) is 0 Å². The molecular weight excluding hydrogens is 520 g/mol. The van der Waals surface area contributed by atoms with E-state index in [4.69, 9.17) is 4.74 Å². The van der Waals surface area contributed by atoms with Gasteiger partial charge in [0, 0.05) is 36.2 Å². The van der Waals surface area contributed by atoms with Crippen LogP contribution in [-0.2, 0) is 4.74 Å². The quantitative estimate of drug-likeness (QED) is 0.368. The van der Waals surface area contributed by atoms with E-state index in [0.29, 0.717) is 16.9 Å². The Morgan fingerprint density at radius 3 is 2.49 bits per heavy atom. The summed E-state index contributed by atoms with van der Waals surface area (Å²) in [5.41, 5.74) is 3.99. The molecule has 0 bridgehead atoms. The summed E-state index contributed by atoms with van der Waals surface area (Å²) >= 11 is 0. The molecule has 2 fully saturated rings. The summed E-state index contributed by atoms with van der Waals surface area (Å²) in [6.07, 6.45) is 7.04. The molecule has 2 amide bonds. The number of nitrogens with one attached hydrogen (secondary N) is 1. The predicted molar refractivity (Wildman–Crippen MR) is 156 cm³/mol. The van der Waals surface area contributed by atoms with Gasteiger partial charge in [0.15, 0.2) is 11.5 Å². The lowest BCUT2D eigenvalue weighted by molar-refractivity contribution is 0.0114. The number of carbonyl (C=O) groups is 2. The Balaban J connectivity index is 1.20. The van der Waals surface area contributed by atoms with Crippen molar-refractivity contribution < 1.29 is 14.3 Å². The third-order valence-electron chi connectivity index (χ3n) is 7.62. The van der Waals surface area contributed by atoms with E-state index in [1.807, 2.05) is 63.9 Å². The number of benzene rings is 1. The maximum absolute atomic E-state index is 13.4. The molecule has 11 nitrogen and oxygen atoms in total.